The fraction of sp³-hybridized carbons (Fsp3) is 0.333. The average molecular weight is 545 g/mol. The Balaban J connectivity index is 0.00000241. The third-order valence-corrected chi connectivity index (χ3v) is 7.92. The van der Waals surface area contributed by atoms with E-state index in [4.69, 9.17) is 30.5 Å². The lowest BCUT2D eigenvalue weighted by atomic mass is 9.80. The van der Waals surface area contributed by atoms with E-state index >= 15 is 0 Å². The molecule has 3 aromatic rings. The summed E-state index contributed by atoms with van der Waals surface area (Å²) in [4.78, 5) is 0. The molecule has 0 N–H and O–H groups in total. The van der Waals surface area contributed by atoms with Crippen molar-refractivity contribution in [1.82, 2.24) is 0 Å². The number of hydrogen-bond donors (Lipinski definition) is 0. The van der Waals surface area contributed by atoms with E-state index < -0.39 is 0 Å². The first-order valence-corrected chi connectivity index (χ1v) is 11.7. The Morgan fingerprint density at radius 3 is 2.56 bits per heavy atom. The number of fused-ring (bicyclic) bond motifs is 5. The summed E-state index contributed by atoms with van der Waals surface area (Å²) in [6.07, 6.45) is 1.90. The minimum atomic E-state index is 0. The zero-order chi connectivity index (χ0) is 22.6. The van der Waals surface area contributed by atoms with Gasteiger partial charge in [0.05, 0.1) is 26.3 Å². The van der Waals surface area contributed by atoms with Crippen LogP contribution in [0.4, 0.5) is 0 Å². The third-order valence-electron chi connectivity index (χ3n) is 7.56. The second-order valence-corrected chi connectivity index (χ2v) is 9.57. The van der Waals surface area contributed by atoms with Crippen molar-refractivity contribution in [3.8, 4) is 23.0 Å². The molecule has 2 unspecified atom stereocenters. The number of methoxy groups -OCH3 is 2. The van der Waals surface area contributed by atoms with Crippen molar-refractivity contribution in [2.24, 2.45) is 0 Å². The quantitative estimate of drug-likeness (QED) is 0.473. The highest BCUT2D eigenvalue weighted by molar-refractivity contribution is 6.31. The molecule has 6 rings (SSSR count). The number of hydrogen-bond acceptors (Lipinski definition) is 4. The molecule has 0 radical (unpaired) electrons. The maximum atomic E-state index is 6.66. The van der Waals surface area contributed by atoms with Crippen molar-refractivity contribution in [3.63, 3.8) is 0 Å². The summed E-state index contributed by atoms with van der Waals surface area (Å²) in [7, 11) is 3.43. The van der Waals surface area contributed by atoms with Crippen LogP contribution in [0.1, 0.15) is 33.9 Å². The van der Waals surface area contributed by atoms with E-state index in [1.54, 1.807) is 14.2 Å². The standard InChI is InChI=1S/C27H27ClNO4.BrH/c1-30-24-8-7-17-11-23-20-13-26-25(32-16-33-26)12-18(20)9-10-29(23,15-21(17)27(24)31-2)14-19-5-3-4-6-22(19)28;/h3-8,12-13,23H,9-11,14-16H2,1-2H3;1H/q+1;/p-1. The van der Waals surface area contributed by atoms with Crippen LogP contribution in [-0.2, 0) is 25.9 Å². The van der Waals surface area contributed by atoms with Gasteiger partial charge in [-0.05, 0) is 35.4 Å². The summed E-state index contributed by atoms with van der Waals surface area (Å²) < 4.78 is 23.8. The normalized spacial score (nSPS) is 21.6. The van der Waals surface area contributed by atoms with E-state index in [0.717, 1.165) is 65.0 Å². The topological polar surface area (TPSA) is 36.9 Å². The van der Waals surface area contributed by atoms with Gasteiger partial charge in [-0.25, -0.2) is 0 Å². The molecule has 5 nitrogen and oxygen atoms in total. The van der Waals surface area contributed by atoms with Crippen LogP contribution in [0.15, 0.2) is 48.5 Å². The largest absolute Gasteiger partial charge is 1.00 e. The van der Waals surface area contributed by atoms with Crippen LogP contribution in [-0.4, -0.2) is 32.0 Å². The summed E-state index contributed by atoms with van der Waals surface area (Å²) >= 11 is 6.66. The number of quaternary nitrogens is 1. The molecule has 7 heteroatoms. The van der Waals surface area contributed by atoms with Gasteiger partial charge in [0.1, 0.15) is 19.1 Å². The smallest absolute Gasteiger partial charge is 0.231 e. The molecule has 3 aromatic carbocycles. The van der Waals surface area contributed by atoms with Crippen LogP contribution in [0, 0.1) is 0 Å². The lowest BCUT2D eigenvalue weighted by molar-refractivity contribution is -0.985. The minimum Gasteiger partial charge on any atom is -1.00 e. The highest BCUT2D eigenvalue weighted by atomic mass is 79.9. The van der Waals surface area contributed by atoms with Crippen LogP contribution in [0.2, 0.25) is 5.02 Å². The molecule has 0 saturated heterocycles. The van der Waals surface area contributed by atoms with Crippen LogP contribution < -0.4 is 35.9 Å². The maximum Gasteiger partial charge on any atom is 0.231 e. The zero-order valence-electron chi connectivity index (χ0n) is 19.3. The Hall–Kier alpha value is -2.41. The molecule has 0 amide bonds. The van der Waals surface area contributed by atoms with E-state index in [0.29, 0.717) is 12.8 Å². The Bertz CT molecular complexity index is 1250. The minimum absolute atomic E-state index is 0. The van der Waals surface area contributed by atoms with E-state index in [2.05, 4.69) is 30.3 Å². The molecule has 0 fully saturated rings. The summed E-state index contributed by atoms with van der Waals surface area (Å²) in [6.45, 7) is 3.03. The molecule has 3 aliphatic heterocycles. The zero-order valence-corrected chi connectivity index (χ0v) is 21.6. The Morgan fingerprint density at radius 1 is 1.00 bits per heavy atom. The number of rotatable bonds is 4. The number of ether oxygens (including phenoxy) is 4. The van der Waals surface area contributed by atoms with Gasteiger partial charge in [0.15, 0.2) is 23.0 Å². The van der Waals surface area contributed by atoms with Crippen LogP contribution in [0.25, 0.3) is 0 Å². The molecule has 0 bridgehead atoms. The third kappa shape index (κ3) is 3.63. The average Bonchev–Trinajstić information content (AvgIpc) is 3.30. The fourth-order valence-electron chi connectivity index (χ4n) is 5.94. The predicted molar refractivity (Wildman–Crippen MR) is 126 cm³/mol. The summed E-state index contributed by atoms with van der Waals surface area (Å²) in [5.41, 5.74) is 6.46. The fourth-order valence-corrected chi connectivity index (χ4v) is 6.14. The van der Waals surface area contributed by atoms with Crippen molar-refractivity contribution < 1.29 is 40.4 Å². The lowest BCUT2D eigenvalue weighted by Crippen LogP contribution is -3.00. The van der Waals surface area contributed by atoms with Crippen molar-refractivity contribution in [3.05, 3.63) is 81.4 Å². The summed E-state index contributed by atoms with van der Waals surface area (Å²) in [6, 6.07) is 17.1. The van der Waals surface area contributed by atoms with Gasteiger partial charge >= 0.3 is 0 Å². The highest BCUT2D eigenvalue weighted by Crippen LogP contribution is 2.51. The predicted octanol–water partition coefficient (Wildman–Crippen LogP) is 2.46. The van der Waals surface area contributed by atoms with Crippen molar-refractivity contribution in [2.75, 3.05) is 27.6 Å². The Morgan fingerprint density at radius 2 is 1.79 bits per heavy atom. The molecule has 0 spiro atoms. The van der Waals surface area contributed by atoms with Crippen molar-refractivity contribution in [2.45, 2.75) is 32.0 Å². The van der Waals surface area contributed by atoms with Gasteiger partial charge < -0.3 is 40.4 Å². The second-order valence-electron chi connectivity index (χ2n) is 9.16. The molecule has 0 aromatic heterocycles. The molecule has 3 heterocycles. The van der Waals surface area contributed by atoms with Gasteiger partial charge in [0, 0.05) is 29.0 Å². The molecule has 3 aliphatic rings. The van der Waals surface area contributed by atoms with Crippen LogP contribution >= 0.6 is 11.6 Å². The molecule has 2 atom stereocenters. The number of halogens is 2. The van der Waals surface area contributed by atoms with Gasteiger partial charge in [0.25, 0.3) is 0 Å². The first-order chi connectivity index (χ1) is 16.1. The lowest BCUT2D eigenvalue weighted by Gasteiger charge is -2.51. The molecule has 0 aliphatic carbocycles. The molecular weight excluding hydrogens is 518 g/mol. The van der Waals surface area contributed by atoms with Gasteiger partial charge in [-0.15, -0.1) is 0 Å². The number of nitrogens with zero attached hydrogens (tertiary/aromatic N) is 1. The van der Waals surface area contributed by atoms with Crippen molar-refractivity contribution in [1.29, 1.82) is 0 Å². The van der Waals surface area contributed by atoms with Gasteiger partial charge in [-0.1, -0.05) is 35.9 Å². The van der Waals surface area contributed by atoms with Crippen molar-refractivity contribution >= 4 is 11.6 Å². The van der Waals surface area contributed by atoms with E-state index in [-0.39, 0.29) is 17.0 Å². The van der Waals surface area contributed by atoms with Gasteiger partial charge in [-0.2, -0.15) is 0 Å². The SMILES string of the molecule is COc1ccc2c(c1OC)C[N+]1(Cc3ccccc3Cl)CCc3cc4c(cc3C1C2)OCO4.[Br-]. The highest BCUT2D eigenvalue weighted by Gasteiger charge is 2.48. The Kier molecular flexibility index (Phi) is 6.17. The first-order valence-electron chi connectivity index (χ1n) is 11.4. The summed E-state index contributed by atoms with van der Waals surface area (Å²) in [5, 5.41) is 0.823. The maximum absolute atomic E-state index is 6.66. The van der Waals surface area contributed by atoms with Gasteiger partial charge in [0.2, 0.25) is 6.79 Å². The first kappa shape index (κ1) is 23.3. The number of benzene rings is 3. The molecular formula is C27H27BrClNO4. The van der Waals surface area contributed by atoms with Crippen LogP contribution in [0.3, 0.4) is 0 Å². The van der Waals surface area contributed by atoms with Crippen LogP contribution in [0.5, 0.6) is 23.0 Å². The van der Waals surface area contributed by atoms with Gasteiger partial charge in [-0.3, -0.25) is 0 Å². The molecule has 0 saturated carbocycles. The second kappa shape index (κ2) is 8.99. The Labute approximate surface area is 215 Å². The summed E-state index contributed by atoms with van der Waals surface area (Å²) in [5.74, 6) is 3.35. The molecule has 34 heavy (non-hydrogen) atoms. The van der Waals surface area contributed by atoms with E-state index in [1.807, 2.05) is 18.2 Å². The van der Waals surface area contributed by atoms with E-state index in [9.17, 15) is 0 Å². The molecule has 178 valence electrons. The van der Waals surface area contributed by atoms with E-state index in [1.165, 1.54) is 27.8 Å². The monoisotopic (exact) mass is 543 g/mol.